The Labute approximate surface area is 104 Å². The number of benzene rings is 1. The standard InChI is InChI=1S/C13H14N2OS/c1-16-10-4-5-11-12(7-10)17-13(15-11)8-2-3-9(14)6-8/h2-5,7-9H,6,14H2,1H3. The van der Waals surface area contributed by atoms with Crippen molar-refractivity contribution in [1.29, 1.82) is 0 Å². The molecule has 0 aliphatic heterocycles. The Bertz CT molecular complexity index is 576. The molecule has 1 aromatic carbocycles. The normalized spacial score (nSPS) is 23.4. The molecule has 3 nitrogen and oxygen atoms in total. The van der Waals surface area contributed by atoms with Crippen LogP contribution in [0.15, 0.2) is 30.4 Å². The Balaban J connectivity index is 1.99. The number of aromatic nitrogens is 1. The average molecular weight is 246 g/mol. The quantitative estimate of drug-likeness (QED) is 0.829. The zero-order chi connectivity index (χ0) is 11.8. The molecule has 0 radical (unpaired) electrons. The van der Waals surface area contributed by atoms with E-state index in [2.05, 4.69) is 17.1 Å². The van der Waals surface area contributed by atoms with Crippen molar-refractivity contribution in [3.8, 4) is 5.75 Å². The lowest BCUT2D eigenvalue weighted by Gasteiger charge is -2.03. The lowest BCUT2D eigenvalue weighted by atomic mass is 10.1. The maximum atomic E-state index is 5.87. The van der Waals surface area contributed by atoms with Crippen LogP contribution in [-0.4, -0.2) is 18.1 Å². The van der Waals surface area contributed by atoms with Crippen molar-refractivity contribution in [1.82, 2.24) is 4.98 Å². The van der Waals surface area contributed by atoms with Crippen LogP contribution in [-0.2, 0) is 0 Å². The van der Waals surface area contributed by atoms with E-state index in [1.54, 1.807) is 18.4 Å². The highest BCUT2D eigenvalue weighted by atomic mass is 32.1. The second-order valence-electron chi connectivity index (χ2n) is 4.28. The molecular weight excluding hydrogens is 232 g/mol. The summed E-state index contributed by atoms with van der Waals surface area (Å²) in [6.07, 6.45) is 5.20. The summed E-state index contributed by atoms with van der Waals surface area (Å²) >= 11 is 1.73. The molecule has 88 valence electrons. The van der Waals surface area contributed by atoms with Gasteiger partial charge in [0.05, 0.1) is 17.3 Å². The summed E-state index contributed by atoms with van der Waals surface area (Å²) < 4.78 is 6.39. The van der Waals surface area contributed by atoms with Gasteiger partial charge in [-0.05, 0) is 24.6 Å². The second kappa shape index (κ2) is 4.13. The summed E-state index contributed by atoms with van der Waals surface area (Å²) in [5, 5.41) is 1.15. The molecule has 0 amide bonds. The van der Waals surface area contributed by atoms with E-state index in [0.29, 0.717) is 5.92 Å². The van der Waals surface area contributed by atoms with E-state index < -0.39 is 0 Å². The van der Waals surface area contributed by atoms with Crippen molar-refractivity contribution in [2.45, 2.75) is 18.4 Å². The minimum atomic E-state index is 0.182. The van der Waals surface area contributed by atoms with Crippen LogP contribution in [0.1, 0.15) is 17.3 Å². The second-order valence-corrected chi connectivity index (χ2v) is 5.34. The van der Waals surface area contributed by atoms with Crippen molar-refractivity contribution in [3.05, 3.63) is 35.4 Å². The molecule has 2 aromatic rings. The Morgan fingerprint density at radius 2 is 2.29 bits per heavy atom. The van der Waals surface area contributed by atoms with E-state index >= 15 is 0 Å². The maximum absolute atomic E-state index is 5.87. The van der Waals surface area contributed by atoms with Gasteiger partial charge in [-0.25, -0.2) is 4.98 Å². The van der Waals surface area contributed by atoms with Gasteiger partial charge in [0, 0.05) is 12.0 Å². The number of ether oxygens (including phenoxy) is 1. The van der Waals surface area contributed by atoms with Gasteiger partial charge in [-0.2, -0.15) is 0 Å². The number of rotatable bonds is 2. The first-order valence-corrected chi connectivity index (χ1v) is 6.46. The number of nitrogens with zero attached hydrogens (tertiary/aromatic N) is 1. The molecule has 1 aromatic heterocycles. The van der Waals surface area contributed by atoms with Crippen molar-refractivity contribution >= 4 is 21.6 Å². The van der Waals surface area contributed by atoms with E-state index in [-0.39, 0.29) is 6.04 Å². The lowest BCUT2D eigenvalue weighted by molar-refractivity contribution is 0.415. The predicted molar refractivity (Wildman–Crippen MR) is 70.6 cm³/mol. The highest BCUT2D eigenvalue weighted by Crippen LogP contribution is 2.34. The molecule has 0 bridgehead atoms. The molecule has 1 aliphatic rings. The number of nitrogens with two attached hydrogens (primary N) is 1. The zero-order valence-electron chi connectivity index (χ0n) is 9.59. The van der Waals surface area contributed by atoms with Gasteiger partial charge in [0.15, 0.2) is 0 Å². The summed E-state index contributed by atoms with van der Waals surface area (Å²) in [5.41, 5.74) is 6.91. The highest BCUT2D eigenvalue weighted by Gasteiger charge is 2.20. The zero-order valence-corrected chi connectivity index (χ0v) is 10.4. The van der Waals surface area contributed by atoms with E-state index in [1.807, 2.05) is 18.2 Å². The summed E-state index contributed by atoms with van der Waals surface area (Å²) in [7, 11) is 1.68. The molecule has 4 heteroatoms. The monoisotopic (exact) mass is 246 g/mol. The molecule has 2 N–H and O–H groups in total. The smallest absolute Gasteiger partial charge is 0.120 e. The van der Waals surface area contributed by atoms with Crippen LogP contribution in [0.4, 0.5) is 0 Å². The van der Waals surface area contributed by atoms with Gasteiger partial charge >= 0.3 is 0 Å². The number of allylic oxidation sites excluding steroid dienone is 1. The summed E-state index contributed by atoms with van der Waals surface area (Å²) in [5.74, 6) is 1.26. The maximum Gasteiger partial charge on any atom is 0.120 e. The summed E-state index contributed by atoms with van der Waals surface area (Å²) in [6.45, 7) is 0. The highest BCUT2D eigenvalue weighted by molar-refractivity contribution is 7.18. The van der Waals surface area contributed by atoms with Gasteiger partial charge in [-0.1, -0.05) is 12.2 Å². The minimum absolute atomic E-state index is 0.182. The lowest BCUT2D eigenvalue weighted by Crippen LogP contribution is -2.14. The fourth-order valence-corrected chi connectivity index (χ4v) is 3.21. The van der Waals surface area contributed by atoms with Gasteiger partial charge < -0.3 is 10.5 Å². The van der Waals surface area contributed by atoms with Gasteiger partial charge in [0.1, 0.15) is 10.8 Å². The molecule has 0 saturated carbocycles. The first-order chi connectivity index (χ1) is 8.26. The third-order valence-electron chi connectivity index (χ3n) is 3.05. The molecule has 0 spiro atoms. The Morgan fingerprint density at radius 3 is 3.00 bits per heavy atom. The summed E-state index contributed by atoms with van der Waals surface area (Å²) in [4.78, 5) is 4.66. The van der Waals surface area contributed by atoms with Crippen molar-refractivity contribution in [3.63, 3.8) is 0 Å². The van der Waals surface area contributed by atoms with Crippen LogP contribution in [0, 0.1) is 0 Å². The van der Waals surface area contributed by atoms with Crippen LogP contribution < -0.4 is 10.5 Å². The number of methoxy groups -OCH3 is 1. The van der Waals surface area contributed by atoms with Crippen molar-refractivity contribution < 1.29 is 4.74 Å². The molecule has 1 aliphatic carbocycles. The van der Waals surface area contributed by atoms with E-state index in [1.165, 1.54) is 4.70 Å². The fraction of sp³-hybridized carbons (Fsp3) is 0.308. The number of thiazole rings is 1. The van der Waals surface area contributed by atoms with Crippen LogP contribution in [0.2, 0.25) is 0 Å². The SMILES string of the molecule is COc1ccc2nc(C3C=CC(N)C3)sc2c1. The van der Waals surface area contributed by atoms with Crippen LogP contribution in [0.3, 0.4) is 0 Å². The topological polar surface area (TPSA) is 48.1 Å². The van der Waals surface area contributed by atoms with Crippen LogP contribution >= 0.6 is 11.3 Å². The Morgan fingerprint density at radius 1 is 1.41 bits per heavy atom. The molecule has 0 fully saturated rings. The Kier molecular flexibility index (Phi) is 2.61. The minimum Gasteiger partial charge on any atom is -0.497 e. The van der Waals surface area contributed by atoms with E-state index in [9.17, 15) is 0 Å². The predicted octanol–water partition coefficient (Wildman–Crippen LogP) is 2.68. The fourth-order valence-electron chi connectivity index (χ4n) is 2.12. The largest absolute Gasteiger partial charge is 0.497 e. The third-order valence-corrected chi connectivity index (χ3v) is 4.20. The van der Waals surface area contributed by atoms with Gasteiger partial charge in [-0.3, -0.25) is 0 Å². The number of fused-ring (bicyclic) bond motifs is 1. The molecular formula is C13H14N2OS. The molecule has 2 atom stereocenters. The first-order valence-electron chi connectivity index (χ1n) is 5.64. The van der Waals surface area contributed by atoms with Gasteiger partial charge in [0.25, 0.3) is 0 Å². The molecule has 3 rings (SSSR count). The Hall–Kier alpha value is -1.39. The van der Waals surface area contributed by atoms with E-state index in [4.69, 9.17) is 10.5 Å². The molecule has 2 unspecified atom stereocenters. The molecule has 1 heterocycles. The molecule has 17 heavy (non-hydrogen) atoms. The van der Waals surface area contributed by atoms with Crippen LogP contribution in [0.5, 0.6) is 5.75 Å². The van der Waals surface area contributed by atoms with E-state index in [0.717, 1.165) is 22.7 Å². The average Bonchev–Trinajstić information content (AvgIpc) is 2.93. The third kappa shape index (κ3) is 1.94. The first kappa shape index (κ1) is 10.7. The van der Waals surface area contributed by atoms with Gasteiger partial charge in [0.2, 0.25) is 0 Å². The van der Waals surface area contributed by atoms with Crippen molar-refractivity contribution in [2.75, 3.05) is 7.11 Å². The number of hydrogen-bond donors (Lipinski definition) is 1. The van der Waals surface area contributed by atoms with Gasteiger partial charge in [-0.15, -0.1) is 11.3 Å². The summed E-state index contributed by atoms with van der Waals surface area (Å²) in [6, 6.07) is 6.17. The van der Waals surface area contributed by atoms with Crippen molar-refractivity contribution in [2.24, 2.45) is 5.73 Å². The number of hydrogen-bond acceptors (Lipinski definition) is 4. The van der Waals surface area contributed by atoms with Crippen LogP contribution in [0.25, 0.3) is 10.2 Å². The molecule has 0 saturated heterocycles.